The van der Waals surface area contributed by atoms with Gasteiger partial charge in [0.1, 0.15) is 30.2 Å². The topological polar surface area (TPSA) is 146 Å². The number of carbonyl (C=O) groups is 1. The highest BCUT2D eigenvalue weighted by Crippen LogP contribution is 2.74. The molecule has 0 aromatic heterocycles. The third-order valence-electron chi connectivity index (χ3n) is 14.1. The van der Waals surface area contributed by atoms with Crippen molar-refractivity contribution in [3.8, 4) is 0 Å². The molecule has 46 heavy (non-hydrogen) atoms. The fraction of sp³-hybridized carbons (Fsp3) is 0.865. The third kappa shape index (κ3) is 5.40. The summed E-state index contributed by atoms with van der Waals surface area (Å²) in [5.74, 6) is 0.459. The Morgan fingerprint density at radius 2 is 1.67 bits per heavy atom. The van der Waals surface area contributed by atoms with Crippen LogP contribution < -0.4 is 0 Å². The molecule has 5 N–H and O–H groups in total. The summed E-state index contributed by atoms with van der Waals surface area (Å²) >= 11 is 0. The van der Waals surface area contributed by atoms with E-state index in [-0.39, 0.29) is 40.5 Å². The van der Waals surface area contributed by atoms with E-state index in [1.54, 1.807) is 7.11 Å². The first-order valence-corrected chi connectivity index (χ1v) is 17.4. The number of allylic oxidation sites excluding steroid dienone is 1. The quantitative estimate of drug-likeness (QED) is 0.246. The molecule has 0 aromatic carbocycles. The third-order valence-corrected chi connectivity index (χ3v) is 14.1. The van der Waals surface area contributed by atoms with Crippen LogP contribution in [0, 0.1) is 39.4 Å². The van der Waals surface area contributed by atoms with Crippen LogP contribution in [0.5, 0.6) is 0 Å². The molecular weight excluding hydrogens is 588 g/mol. The zero-order chi connectivity index (χ0) is 34.3. The number of hydrogen-bond acceptors (Lipinski definition) is 9. The molecule has 5 rings (SSSR count). The average Bonchev–Trinajstić information content (AvgIpc) is 3.25. The van der Waals surface area contributed by atoms with Crippen LogP contribution in [-0.2, 0) is 19.0 Å². The number of aliphatic hydroxyl groups excluding tert-OH is 4. The van der Waals surface area contributed by atoms with Crippen molar-refractivity contribution in [1.29, 1.82) is 0 Å². The van der Waals surface area contributed by atoms with E-state index in [2.05, 4.69) is 40.7 Å². The van der Waals surface area contributed by atoms with Crippen LogP contribution in [0.4, 0.5) is 0 Å². The first-order valence-electron chi connectivity index (χ1n) is 17.4. The lowest BCUT2D eigenvalue weighted by Gasteiger charge is -2.65. The number of ether oxygens (including phenoxy) is 3. The van der Waals surface area contributed by atoms with Gasteiger partial charge in [0, 0.05) is 24.4 Å². The predicted molar refractivity (Wildman–Crippen MR) is 173 cm³/mol. The zero-order valence-corrected chi connectivity index (χ0v) is 29.5. The molecule has 3 saturated carbocycles. The number of fused-ring (bicyclic) bond motifs is 5. The Hall–Kier alpha value is -1.17. The second kappa shape index (κ2) is 12.0. The van der Waals surface area contributed by atoms with Gasteiger partial charge >= 0.3 is 0 Å². The molecule has 0 aromatic rings. The Kier molecular flexibility index (Phi) is 9.43. The fourth-order valence-electron chi connectivity index (χ4n) is 10.8. The van der Waals surface area contributed by atoms with Gasteiger partial charge in [-0.3, -0.25) is 4.79 Å². The van der Waals surface area contributed by atoms with Crippen molar-refractivity contribution in [3.05, 3.63) is 23.8 Å². The molecule has 5 aliphatic rings. The van der Waals surface area contributed by atoms with Gasteiger partial charge in [-0.2, -0.15) is 0 Å². The molecule has 9 nitrogen and oxygen atoms in total. The molecular formula is C37H60O9. The van der Waals surface area contributed by atoms with E-state index in [0.29, 0.717) is 19.3 Å². The van der Waals surface area contributed by atoms with Crippen LogP contribution in [0.25, 0.3) is 0 Å². The SMILES string of the molecule is COC(C)(C)/C=C/CC(C)(O)C1CCC2(C)C3CC=C4C(CCC(O[C@@H]5O[C@H](CO)[C@@H](O)[C@H](O)[C@H]5O)C4(C)C)C3(C)C(=O)CC12C. The molecule has 1 aliphatic heterocycles. The van der Waals surface area contributed by atoms with Crippen LogP contribution >= 0.6 is 0 Å². The van der Waals surface area contributed by atoms with E-state index in [4.69, 9.17) is 14.2 Å². The molecule has 8 unspecified atom stereocenters. The standard InChI is InChI=1S/C37H60O9/c1-32(2,44-9)16-10-17-36(7,43)24-15-18-34(5)25-13-11-21-22(37(25,8)26(39)19-35(24,34)6)12-14-27(33(21,3)4)46-31-30(42)29(41)28(40)23(20-38)45-31/h10-11,16,22-25,27-31,38,40-43H,12-15,17-20H2,1-9H3/b16-10+/t22?,23-,24?,25?,27?,28-,29+,30-,31+,34?,35?,36?,37?/m1/s1. The van der Waals surface area contributed by atoms with Crippen LogP contribution in [0.2, 0.25) is 0 Å². The van der Waals surface area contributed by atoms with Crippen LogP contribution in [0.15, 0.2) is 23.8 Å². The Labute approximate surface area is 275 Å². The molecule has 4 aliphatic carbocycles. The second-order valence-electron chi connectivity index (χ2n) is 17.2. The van der Waals surface area contributed by atoms with Crippen molar-refractivity contribution in [2.75, 3.05) is 13.7 Å². The van der Waals surface area contributed by atoms with E-state index in [1.165, 1.54) is 5.57 Å². The van der Waals surface area contributed by atoms with Crippen molar-refractivity contribution in [3.63, 3.8) is 0 Å². The zero-order valence-electron chi connectivity index (χ0n) is 29.5. The van der Waals surface area contributed by atoms with Crippen molar-refractivity contribution < 1.29 is 44.5 Å². The van der Waals surface area contributed by atoms with Gasteiger partial charge in [0.25, 0.3) is 0 Å². The summed E-state index contributed by atoms with van der Waals surface area (Å²) in [5.41, 5.74) is -1.68. The highest BCUT2D eigenvalue weighted by Gasteiger charge is 2.71. The lowest BCUT2D eigenvalue weighted by molar-refractivity contribution is -0.319. The van der Waals surface area contributed by atoms with Gasteiger partial charge < -0.3 is 39.7 Å². The van der Waals surface area contributed by atoms with Crippen molar-refractivity contribution >= 4 is 5.78 Å². The van der Waals surface area contributed by atoms with E-state index < -0.39 is 59.3 Å². The Balaban J connectivity index is 1.40. The summed E-state index contributed by atoms with van der Waals surface area (Å²) in [6.07, 6.45) is 4.32. The van der Waals surface area contributed by atoms with Gasteiger partial charge in [-0.05, 0) is 87.9 Å². The number of rotatable bonds is 8. The summed E-state index contributed by atoms with van der Waals surface area (Å²) in [4.78, 5) is 14.6. The number of methoxy groups -OCH3 is 1. The first kappa shape index (κ1) is 36.1. The lowest BCUT2D eigenvalue weighted by atomic mass is 9.38. The number of carbonyl (C=O) groups excluding carboxylic acids is 1. The summed E-state index contributed by atoms with van der Waals surface area (Å²) in [5, 5.41) is 52.8. The van der Waals surface area contributed by atoms with Gasteiger partial charge in [-0.25, -0.2) is 0 Å². The van der Waals surface area contributed by atoms with Gasteiger partial charge in [-0.15, -0.1) is 0 Å². The van der Waals surface area contributed by atoms with Gasteiger partial charge in [0.15, 0.2) is 6.29 Å². The molecule has 262 valence electrons. The maximum atomic E-state index is 14.6. The number of Topliss-reactive ketones (excluding diaryl/α,β-unsaturated/α-hetero) is 1. The normalized spacial score (nSPS) is 47.1. The Morgan fingerprint density at radius 3 is 2.30 bits per heavy atom. The maximum Gasteiger partial charge on any atom is 0.187 e. The van der Waals surface area contributed by atoms with Crippen LogP contribution in [0.3, 0.4) is 0 Å². The largest absolute Gasteiger partial charge is 0.394 e. The highest BCUT2D eigenvalue weighted by molar-refractivity contribution is 5.88. The van der Waals surface area contributed by atoms with Crippen molar-refractivity contribution in [2.24, 2.45) is 39.4 Å². The lowest BCUT2D eigenvalue weighted by Crippen LogP contribution is -2.64. The maximum absolute atomic E-state index is 14.6. The monoisotopic (exact) mass is 648 g/mol. The predicted octanol–water partition coefficient (Wildman–Crippen LogP) is 4.08. The fourth-order valence-corrected chi connectivity index (χ4v) is 10.8. The smallest absolute Gasteiger partial charge is 0.187 e. The number of hydrogen-bond donors (Lipinski definition) is 5. The second-order valence-corrected chi connectivity index (χ2v) is 17.2. The average molecular weight is 649 g/mol. The van der Waals surface area contributed by atoms with Crippen LogP contribution in [0.1, 0.15) is 100 Å². The molecule has 4 fully saturated rings. The molecule has 0 radical (unpaired) electrons. The molecule has 1 saturated heterocycles. The minimum atomic E-state index is -1.50. The molecule has 13 atom stereocenters. The van der Waals surface area contributed by atoms with Crippen molar-refractivity contribution in [1.82, 2.24) is 0 Å². The molecule has 0 bridgehead atoms. The molecule has 0 spiro atoms. The first-order chi connectivity index (χ1) is 21.2. The molecule has 0 amide bonds. The minimum Gasteiger partial charge on any atom is -0.394 e. The van der Waals surface area contributed by atoms with Gasteiger partial charge in [0.05, 0.1) is 23.9 Å². The van der Waals surface area contributed by atoms with Gasteiger partial charge in [0.2, 0.25) is 0 Å². The number of aliphatic hydroxyl groups is 5. The summed E-state index contributed by atoms with van der Waals surface area (Å²) in [7, 11) is 1.68. The number of ketones is 1. The Bertz CT molecular complexity index is 1220. The van der Waals surface area contributed by atoms with E-state index in [9.17, 15) is 30.3 Å². The van der Waals surface area contributed by atoms with Crippen molar-refractivity contribution in [2.45, 2.75) is 148 Å². The summed E-state index contributed by atoms with van der Waals surface area (Å²) < 4.78 is 17.6. The molecule has 9 heteroatoms. The summed E-state index contributed by atoms with van der Waals surface area (Å²) in [6, 6.07) is 0. The highest BCUT2D eigenvalue weighted by atomic mass is 16.7. The van der Waals surface area contributed by atoms with E-state index in [0.717, 1.165) is 25.7 Å². The summed E-state index contributed by atoms with van der Waals surface area (Å²) in [6.45, 7) is 16.5. The molecule has 1 heterocycles. The minimum absolute atomic E-state index is 0.0155. The van der Waals surface area contributed by atoms with E-state index >= 15 is 0 Å². The van der Waals surface area contributed by atoms with Crippen LogP contribution in [-0.4, -0.2) is 93.0 Å². The van der Waals surface area contributed by atoms with E-state index in [1.807, 2.05) is 32.9 Å². The van der Waals surface area contributed by atoms with Gasteiger partial charge in [-0.1, -0.05) is 58.4 Å². The Morgan fingerprint density at radius 1 is 1.00 bits per heavy atom.